The topological polar surface area (TPSA) is 121 Å². The van der Waals surface area contributed by atoms with Crippen LogP contribution in [0.5, 0.6) is 0 Å². The molecule has 31 heavy (non-hydrogen) atoms. The largest absolute Gasteiger partial charge is 0.478 e. The molecule has 0 saturated heterocycles. The van der Waals surface area contributed by atoms with Gasteiger partial charge >= 0.3 is 11.9 Å². The predicted octanol–water partition coefficient (Wildman–Crippen LogP) is 3.51. The smallest absolute Gasteiger partial charge is 0.328 e. The molecule has 3 aromatic rings. The number of hydrogen-bond donors (Lipinski definition) is 3. The first-order valence-electron chi connectivity index (χ1n) is 9.39. The average Bonchev–Trinajstić information content (AvgIpc) is 3.12. The third-order valence-electron chi connectivity index (χ3n) is 4.46. The van der Waals surface area contributed by atoms with Crippen molar-refractivity contribution in [3.63, 3.8) is 0 Å². The third kappa shape index (κ3) is 5.52. The molecular formula is C23H21N3O5. The molecule has 0 radical (unpaired) electrons. The summed E-state index contributed by atoms with van der Waals surface area (Å²) >= 11 is 0. The second-order valence-corrected chi connectivity index (χ2v) is 6.58. The molecule has 0 amide bonds. The van der Waals surface area contributed by atoms with Gasteiger partial charge in [0.25, 0.3) is 0 Å². The van der Waals surface area contributed by atoms with Crippen LogP contribution in [0.15, 0.2) is 78.1 Å². The number of ether oxygens (including phenoxy) is 1. The zero-order valence-corrected chi connectivity index (χ0v) is 16.7. The summed E-state index contributed by atoms with van der Waals surface area (Å²) in [6.45, 7) is 0.517. The highest BCUT2D eigenvalue weighted by Crippen LogP contribution is 2.34. The zero-order chi connectivity index (χ0) is 22.2. The fourth-order valence-electron chi connectivity index (χ4n) is 3.18. The Kier molecular flexibility index (Phi) is 7.08. The number of benzene rings is 2. The molecular weight excluding hydrogens is 398 g/mol. The van der Waals surface area contributed by atoms with E-state index in [1.807, 2.05) is 18.3 Å². The summed E-state index contributed by atoms with van der Waals surface area (Å²) in [5, 5.41) is 21.5. The fourth-order valence-corrected chi connectivity index (χ4v) is 3.18. The van der Waals surface area contributed by atoms with Crippen molar-refractivity contribution in [3.05, 3.63) is 84.2 Å². The Hall–Kier alpha value is -4.04. The minimum atomic E-state index is -1.26. The Bertz CT molecular complexity index is 1120. The zero-order valence-electron chi connectivity index (χ0n) is 16.7. The Labute approximate surface area is 178 Å². The van der Waals surface area contributed by atoms with Crippen LogP contribution in [0.25, 0.3) is 10.8 Å². The molecule has 2 heterocycles. The molecule has 0 bridgehead atoms. The molecule has 0 aliphatic carbocycles. The lowest BCUT2D eigenvalue weighted by Crippen LogP contribution is -2.13. The summed E-state index contributed by atoms with van der Waals surface area (Å²) in [7, 11) is 1.70. The Morgan fingerprint density at radius 3 is 2.42 bits per heavy atom. The Balaban J connectivity index is 0.000000293. The molecule has 1 atom stereocenters. The lowest BCUT2D eigenvalue weighted by molar-refractivity contribution is -0.134. The number of rotatable bonds is 6. The molecule has 1 aliphatic rings. The van der Waals surface area contributed by atoms with Crippen molar-refractivity contribution in [3.8, 4) is 0 Å². The van der Waals surface area contributed by atoms with Crippen LogP contribution in [0.3, 0.4) is 0 Å². The second-order valence-electron chi connectivity index (χ2n) is 6.58. The lowest BCUT2D eigenvalue weighted by atomic mass is 10.1. The molecule has 0 spiro atoms. The molecule has 158 valence electrons. The van der Waals surface area contributed by atoms with E-state index in [9.17, 15) is 9.59 Å². The highest BCUT2D eigenvalue weighted by molar-refractivity contribution is 6.26. The number of anilines is 1. The highest BCUT2D eigenvalue weighted by atomic mass is 16.5. The SMILES string of the molecule is COCC(N=C1Nc2cccc3cccc1c23)c1cccnc1.O=C(O)/C=C/C(=O)O. The standard InChI is InChI=1S/C19H17N3O.C4H4O4/c1-23-12-17(14-7-4-10-20-11-14)22-19-15-8-2-5-13-6-3-9-16(21-19)18(13)15;5-3(6)1-2-4(7)8/h2-11,17H,12H2,1H3,(H,21,22);1-2H,(H,5,6)(H,7,8)/b;2-1+. The van der Waals surface area contributed by atoms with Gasteiger partial charge in [-0.3, -0.25) is 9.98 Å². The van der Waals surface area contributed by atoms with E-state index < -0.39 is 11.9 Å². The van der Waals surface area contributed by atoms with Gasteiger partial charge in [0.1, 0.15) is 11.9 Å². The van der Waals surface area contributed by atoms with Gasteiger partial charge in [-0.2, -0.15) is 0 Å². The summed E-state index contributed by atoms with van der Waals surface area (Å²) in [4.78, 5) is 28.2. The van der Waals surface area contributed by atoms with Crippen molar-refractivity contribution < 1.29 is 24.5 Å². The van der Waals surface area contributed by atoms with Gasteiger partial charge in [-0.15, -0.1) is 0 Å². The van der Waals surface area contributed by atoms with Gasteiger partial charge < -0.3 is 20.3 Å². The number of nitrogens with one attached hydrogen (secondary N) is 1. The van der Waals surface area contributed by atoms with E-state index in [0.29, 0.717) is 18.8 Å². The van der Waals surface area contributed by atoms with Gasteiger partial charge in [-0.25, -0.2) is 9.59 Å². The summed E-state index contributed by atoms with van der Waals surface area (Å²) in [5.74, 6) is -1.62. The first kappa shape index (κ1) is 21.7. The molecule has 0 fully saturated rings. The Morgan fingerprint density at radius 1 is 1.10 bits per heavy atom. The number of methoxy groups -OCH3 is 1. The normalized spacial score (nSPS) is 14.2. The van der Waals surface area contributed by atoms with Crippen molar-refractivity contribution in [2.45, 2.75) is 6.04 Å². The summed E-state index contributed by atoms with van der Waals surface area (Å²) in [5.41, 5.74) is 3.30. The number of nitrogens with zero attached hydrogens (tertiary/aromatic N) is 2. The lowest BCUT2D eigenvalue weighted by Gasteiger charge is -2.13. The number of pyridine rings is 1. The van der Waals surface area contributed by atoms with Crippen molar-refractivity contribution in [1.29, 1.82) is 0 Å². The van der Waals surface area contributed by atoms with Crippen molar-refractivity contribution in [1.82, 2.24) is 4.98 Å². The minimum absolute atomic E-state index is 0.0826. The van der Waals surface area contributed by atoms with Crippen LogP contribution in [0.2, 0.25) is 0 Å². The van der Waals surface area contributed by atoms with Crippen molar-refractivity contribution >= 4 is 34.2 Å². The van der Waals surface area contributed by atoms with Crippen LogP contribution in [0.1, 0.15) is 17.2 Å². The molecule has 3 N–H and O–H groups in total. The number of aliphatic carboxylic acids is 2. The van der Waals surface area contributed by atoms with Gasteiger partial charge in [-0.1, -0.05) is 36.4 Å². The van der Waals surface area contributed by atoms with E-state index >= 15 is 0 Å². The monoisotopic (exact) mass is 419 g/mol. The molecule has 4 rings (SSSR count). The molecule has 0 saturated carbocycles. The van der Waals surface area contributed by atoms with Crippen LogP contribution in [-0.4, -0.2) is 46.7 Å². The Morgan fingerprint density at radius 2 is 1.81 bits per heavy atom. The summed E-state index contributed by atoms with van der Waals surface area (Å²) in [6, 6.07) is 16.5. The number of carboxylic acid groups (broad SMARTS) is 2. The van der Waals surface area contributed by atoms with Crippen LogP contribution in [-0.2, 0) is 14.3 Å². The molecule has 1 aliphatic heterocycles. The van der Waals surface area contributed by atoms with E-state index in [-0.39, 0.29) is 6.04 Å². The first-order valence-corrected chi connectivity index (χ1v) is 9.39. The van der Waals surface area contributed by atoms with E-state index in [2.05, 4.69) is 46.7 Å². The average molecular weight is 419 g/mol. The van der Waals surface area contributed by atoms with Crippen LogP contribution < -0.4 is 5.32 Å². The van der Waals surface area contributed by atoms with E-state index in [0.717, 1.165) is 22.6 Å². The maximum absolute atomic E-state index is 9.55. The summed E-state index contributed by atoms with van der Waals surface area (Å²) < 4.78 is 5.36. The number of carboxylic acids is 2. The van der Waals surface area contributed by atoms with Gasteiger partial charge in [-0.05, 0) is 23.1 Å². The van der Waals surface area contributed by atoms with E-state index in [1.54, 1.807) is 13.3 Å². The van der Waals surface area contributed by atoms with Gasteiger partial charge in [0, 0.05) is 48.3 Å². The second kappa shape index (κ2) is 10.1. The van der Waals surface area contributed by atoms with Crippen molar-refractivity contribution in [2.75, 3.05) is 19.0 Å². The van der Waals surface area contributed by atoms with Gasteiger partial charge in [0.15, 0.2) is 0 Å². The van der Waals surface area contributed by atoms with E-state index in [4.69, 9.17) is 19.9 Å². The number of aliphatic imine (C=N–C) groups is 1. The summed E-state index contributed by atoms with van der Waals surface area (Å²) in [6.07, 6.45) is 4.73. The first-order chi connectivity index (χ1) is 15.0. The quantitative estimate of drug-likeness (QED) is 0.523. The predicted molar refractivity (Wildman–Crippen MR) is 117 cm³/mol. The van der Waals surface area contributed by atoms with Crippen LogP contribution in [0.4, 0.5) is 5.69 Å². The van der Waals surface area contributed by atoms with E-state index in [1.165, 1.54) is 10.8 Å². The van der Waals surface area contributed by atoms with Crippen LogP contribution >= 0.6 is 0 Å². The molecule has 1 aromatic heterocycles. The maximum atomic E-state index is 9.55. The third-order valence-corrected chi connectivity index (χ3v) is 4.46. The van der Waals surface area contributed by atoms with Crippen LogP contribution in [0, 0.1) is 0 Å². The fraction of sp³-hybridized carbons (Fsp3) is 0.130. The number of aromatic nitrogens is 1. The number of amidine groups is 1. The highest BCUT2D eigenvalue weighted by Gasteiger charge is 2.21. The van der Waals surface area contributed by atoms with Gasteiger partial charge in [0.2, 0.25) is 0 Å². The van der Waals surface area contributed by atoms with Crippen molar-refractivity contribution in [2.24, 2.45) is 4.99 Å². The molecule has 8 heteroatoms. The molecule has 1 unspecified atom stereocenters. The molecule has 8 nitrogen and oxygen atoms in total. The number of carbonyl (C=O) groups is 2. The minimum Gasteiger partial charge on any atom is -0.478 e. The maximum Gasteiger partial charge on any atom is 0.328 e. The van der Waals surface area contributed by atoms with Gasteiger partial charge in [0.05, 0.1) is 6.61 Å². The molecule has 2 aromatic carbocycles. The number of hydrogen-bond acceptors (Lipinski definition) is 5.